The van der Waals surface area contributed by atoms with Gasteiger partial charge in [-0.2, -0.15) is 0 Å². The first kappa shape index (κ1) is 15.6. The Morgan fingerprint density at radius 1 is 1.31 bits per heavy atom. The van der Waals surface area contributed by atoms with E-state index in [2.05, 4.69) is 39.3 Å². The van der Waals surface area contributed by atoms with Gasteiger partial charge in [0, 0.05) is 11.1 Å². The third-order valence-electron chi connectivity index (χ3n) is 2.51. The predicted molar refractivity (Wildman–Crippen MR) is 72.7 cm³/mol. The summed E-state index contributed by atoms with van der Waals surface area (Å²) in [5.41, 5.74) is 0.300. The largest absolute Gasteiger partial charge is 0.478 e. The van der Waals surface area contributed by atoms with Gasteiger partial charge in [-0.25, -0.2) is 4.79 Å². The van der Waals surface area contributed by atoms with Gasteiger partial charge in [0.05, 0.1) is 0 Å². The Kier molecular flexibility index (Phi) is 5.16. The van der Waals surface area contributed by atoms with Crippen molar-refractivity contribution in [1.29, 1.82) is 0 Å². The third-order valence-corrected chi connectivity index (χ3v) is 9.50. The number of aliphatic carboxylic acids is 1. The Morgan fingerprint density at radius 3 is 2.00 bits per heavy atom. The van der Waals surface area contributed by atoms with Crippen LogP contribution in [0.25, 0.3) is 0 Å². The lowest BCUT2D eigenvalue weighted by Crippen LogP contribution is -2.46. The highest BCUT2D eigenvalue weighted by Crippen LogP contribution is 2.34. The van der Waals surface area contributed by atoms with Crippen molar-refractivity contribution in [3.63, 3.8) is 0 Å². The number of rotatable bonds is 6. The molecule has 0 spiro atoms. The minimum absolute atomic E-state index is 0.00303. The van der Waals surface area contributed by atoms with Crippen LogP contribution in [0.15, 0.2) is 12.2 Å². The van der Waals surface area contributed by atoms with Gasteiger partial charge in [-0.05, 0) is 39.2 Å². The van der Waals surface area contributed by atoms with Gasteiger partial charge in [-0.3, -0.25) is 0 Å². The second-order valence-corrected chi connectivity index (χ2v) is 14.6. The maximum atomic E-state index is 11.0. The van der Waals surface area contributed by atoms with Crippen molar-refractivity contribution in [2.24, 2.45) is 0 Å². The van der Waals surface area contributed by atoms with Crippen LogP contribution in [0.3, 0.4) is 0 Å². The van der Waals surface area contributed by atoms with Gasteiger partial charge in [0.2, 0.25) is 0 Å². The number of carboxylic acid groups (broad SMARTS) is 1. The zero-order chi connectivity index (χ0) is 13.1. The number of carboxylic acids is 1. The van der Waals surface area contributed by atoms with E-state index in [0.717, 1.165) is 6.42 Å². The Balaban J connectivity index is 4.94. The van der Waals surface area contributed by atoms with Crippen molar-refractivity contribution in [3.05, 3.63) is 12.2 Å². The molecule has 0 bridgehead atoms. The van der Waals surface area contributed by atoms with E-state index < -0.39 is 22.6 Å². The van der Waals surface area contributed by atoms with Crippen LogP contribution < -0.4 is 0 Å². The summed E-state index contributed by atoms with van der Waals surface area (Å²) in [5, 5.41) is 9.02. The van der Waals surface area contributed by atoms with Crippen LogP contribution in [0.2, 0.25) is 38.3 Å². The van der Waals surface area contributed by atoms with E-state index in [9.17, 15) is 4.79 Å². The van der Waals surface area contributed by atoms with Gasteiger partial charge in [0.25, 0.3) is 0 Å². The molecule has 5 heteroatoms. The first-order chi connectivity index (χ1) is 7.01. The number of carbonyl (C=O) groups is 1. The average molecular weight is 260 g/mol. The lowest BCUT2D eigenvalue weighted by Gasteiger charge is -2.37. The molecular formula is C11H24O3Si2. The maximum Gasteiger partial charge on any atom is 0.331 e. The molecule has 0 heterocycles. The molecule has 0 rings (SSSR count). The second-order valence-electron chi connectivity index (χ2n) is 5.61. The molecule has 3 nitrogen and oxygen atoms in total. The van der Waals surface area contributed by atoms with Gasteiger partial charge >= 0.3 is 5.97 Å². The highest BCUT2D eigenvalue weighted by Gasteiger charge is 2.39. The van der Waals surface area contributed by atoms with Gasteiger partial charge in [-0.15, -0.1) is 0 Å². The highest BCUT2D eigenvalue weighted by molar-refractivity contribution is 6.85. The summed E-state index contributed by atoms with van der Waals surface area (Å²) in [5.74, 6) is -0.897. The Morgan fingerprint density at radius 2 is 1.75 bits per heavy atom. The minimum atomic E-state index is -2.01. The van der Waals surface area contributed by atoms with Crippen LogP contribution in [-0.2, 0) is 8.91 Å². The third kappa shape index (κ3) is 4.63. The van der Waals surface area contributed by atoms with Crippen molar-refractivity contribution in [2.45, 2.75) is 51.6 Å². The molecule has 0 saturated heterocycles. The number of hydrogen-bond acceptors (Lipinski definition) is 2. The molecule has 94 valence electrons. The fourth-order valence-electron chi connectivity index (χ4n) is 2.17. The highest BCUT2D eigenvalue weighted by atomic mass is 28.4. The summed E-state index contributed by atoms with van der Waals surface area (Å²) < 4.78 is 6.20. The monoisotopic (exact) mass is 260 g/mol. The van der Waals surface area contributed by atoms with Crippen LogP contribution >= 0.6 is 0 Å². The van der Waals surface area contributed by atoms with Crippen molar-refractivity contribution in [3.8, 4) is 0 Å². The molecule has 0 amide bonds. The molecule has 0 aromatic rings. The summed E-state index contributed by atoms with van der Waals surface area (Å²) in [7, 11) is -3.64. The molecule has 0 aliphatic carbocycles. The summed E-state index contributed by atoms with van der Waals surface area (Å²) >= 11 is 0. The summed E-state index contributed by atoms with van der Waals surface area (Å²) in [6, 6.07) is 0. The fraction of sp³-hybridized carbons (Fsp3) is 0.727. The van der Waals surface area contributed by atoms with Gasteiger partial charge in [0.15, 0.2) is 16.6 Å². The van der Waals surface area contributed by atoms with Crippen LogP contribution in [0.5, 0.6) is 0 Å². The molecule has 0 radical (unpaired) electrons. The minimum Gasteiger partial charge on any atom is -0.478 e. The quantitative estimate of drug-likeness (QED) is 0.587. The van der Waals surface area contributed by atoms with Crippen molar-refractivity contribution >= 4 is 22.6 Å². The first-order valence-electron chi connectivity index (χ1n) is 5.63. The molecule has 0 saturated carbocycles. The van der Waals surface area contributed by atoms with Gasteiger partial charge in [-0.1, -0.05) is 13.5 Å². The van der Waals surface area contributed by atoms with E-state index >= 15 is 0 Å². The van der Waals surface area contributed by atoms with E-state index in [-0.39, 0.29) is 5.54 Å². The first-order valence-corrected chi connectivity index (χ1v) is 12.0. The summed E-state index contributed by atoms with van der Waals surface area (Å²) in [4.78, 5) is 11.0. The van der Waals surface area contributed by atoms with E-state index in [1.807, 2.05) is 6.92 Å². The van der Waals surface area contributed by atoms with Crippen molar-refractivity contribution < 1.29 is 14.0 Å². The lowest BCUT2D eigenvalue weighted by molar-refractivity contribution is -0.132. The lowest BCUT2D eigenvalue weighted by atomic mass is 10.2. The molecule has 0 aliphatic heterocycles. The zero-order valence-corrected chi connectivity index (χ0v) is 13.3. The molecule has 1 N–H and O–H groups in total. The van der Waals surface area contributed by atoms with E-state index in [0.29, 0.717) is 5.57 Å². The van der Waals surface area contributed by atoms with Gasteiger partial charge < -0.3 is 9.22 Å². The average Bonchev–Trinajstić information content (AvgIpc) is 1.99. The molecule has 1 unspecified atom stereocenters. The van der Waals surface area contributed by atoms with Crippen molar-refractivity contribution in [2.75, 3.05) is 0 Å². The van der Waals surface area contributed by atoms with E-state index in [1.165, 1.54) is 0 Å². The normalized spacial score (nSPS) is 14.6. The Bertz CT molecular complexity index is 279. The maximum absolute atomic E-state index is 11.0. The van der Waals surface area contributed by atoms with E-state index in [4.69, 9.17) is 9.22 Å². The fourth-order valence-corrected chi connectivity index (χ4v) is 11.0. The zero-order valence-electron chi connectivity index (χ0n) is 11.3. The smallest absolute Gasteiger partial charge is 0.331 e. The SMILES string of the molecule is C=C(C(=O)O)C(CC)[Si](C)(C)O[Si](C)(C)C. The van der Waals surface area contributed by atoms with Crippen LogP contribution in [0, 0.1) is 0 Å². The molecule has 1 atom stereocenters. The van der Waals surface area contributed by atoms with Crippen LogP contribution in [-0.4, -0.2) is 27.7 Å². The Labute approximate surface area is 101 Å². The molecule has 16 heavy (non-hydrogen) atoms. The molecular weight excluding hydrogens is 236 g/mol. The van der Waals surface area contributed by atoms with Gasteiger partial charge in [0.1, 0.15) is 0 Å². The van der Waals surface area contributed by atoms with Crippen molar-refractivity contribution in [1.82, 2.24) is 0 Å². The molecule has 0 aromatic heterocycles. The second kappa shape index (κ2) is 5.29. The summed E-state index contributed by atoms with van der Waals surface area (Å²) in [6.45, 7) is 16.3. The summed E-state index contributed by atoms with van der Waals surface area (Å²) in [6.07, 6.45) is 0.787. The molecule has 0 fully saturated rings. The molecule has 0 aliphatic rings. The Hall–Kier alpha value is -0.396. The topological polar surface area (TPSA) is 46.5 Å². The molecule has 0 aromatic carbocycles. The predicted octanol–water partition coefficient (Wildman–Crippen LogP) is 3.46. The van der Waals surface area contributed by atoms with Crippen LogP contribution in [0.1, 0.15) is 13.3 Å². The van der Waals surface area contributed by atoms with Crippen LogP contribution in [0.4, 0.5) is 0 Å². The standard InChI is InChI=1S/C11H24O3Si2/c1-8-10(9(2)11(12)13)16(6,7)14-15(3,4)5/h10H,2,8H2,1,3-7H3,(H,12,13). The number of hydrogen-bond donors (Lipinski definition) is 1. The van der Waals surface area contributed by atoms with E-state index in [1.54, 1.807) is 0 Å².